The molecule has 0 radical (unpaired) electrons. The first kappa shape index (κ1) is 31.4. The van der Waals surface area contributed by atoms with Gasteiger partial charge in [0, 0.05) is 25.1 Å². The molecule has 0 saturated heterocycles. The van der Waals surface area contributed by atoms with E-state index in [0.29, 0.717) is 67.8 Å². The standard InChI is InChI=1S/C30H39N9O4/c1-22(16-33-21-34-20-32)43-28-14-23(8-9-24(28)15-31)25-17-35-30(36-18-25)37-27-19-39(26-6-4-3-5-7-26)38-29(27)42-13-12-41-11-10-40-2/h8-9,14,17-22,26H,3-7,10-13,16H2,1-2H3,(H2,32,33,34)(H,35,36,37)/t22-/m0/s1. The number of aliphatic imine (C=N–C) groups is 2. The van der Waals surface area contributed by atoms with Crippen molar-refractivity contribution in [3.63, 3.8) is 0 Å². The molecule has 13 nitrogen and oxygen atoms in total. The van der Waals surface area contributed by atoms with Crippen molar-refractivity contribution in [2.45, 2.75) is 51.2 Å². The lowest BCUT2D eigenvalue weighted by Crippen LogP contribution is -2.16. The Kier molecular flexibility index (Phi) is 12.3. The topological polar surface area (TPSA) is 167 Å². The highest BCUT2D eigenvalue weighted by Crippen LogP contribution is 2.33. The van der Waals surface area contributed by atoms with Crippen LogP contribution in [0.4, 0.5) is 11.6 Å². The first-order valence-corrected chi connectivity index (χ1v) is 14.4. The quantitative estimate of drug-likeness (QED) is 0.140. The van der Waals surface area contributed by atoms with Gasteiger partial charge >= 0.3 is 0 Å². The zero-order chi connectivity index (χ0) is 30.3. The van der Waals surface area contributed by atoms with E-state index in [1.807, 2.05) is 23.9 Å². The van der Waals surface area contributed by atoms with Crippen molar-refractivity contribution in [1.29, 1.82) is 5.26 Å². The maximum absolute atomic E-state index is 9.57. The predicted octanol–water partition coefficient (Wildman–Crippen LogP) is 4.28. The van der Waals surface area contributed by atoms with Crippen LogP contribution < -0.4 is 20.5 Å². The third kappa shape index (κ3) is 9.49. The van der Waals surface area contributed by atoms with Crippen LogP contribution >= 0.6 is 0 Å². The summed E-state index contributed by atoms with van der Waals surface area (Å²) in [5.74, 6) is 1.34. The summed E-state index contributed by atoms with van der Waals surface area (Å²) in [7, 11) is 1.64. The van der Waals surface area contributed by atoms with E-state index in [9.17, 15) is 5.26 Å². The number of nitriles is 1. The van der Waals surface area contributed by atoms with Crippen LogP contribution in [0.3, 0.4) is 0 Å². The normalized spacial score (nSPS) is 14.6. The fourth-order valence-corrected chi connectivity index (χ4v) is 4.63. The lowest BCUT2D eigenvalue weighted by Gasteiger charge is -2.21. The van der Waals surface area contributed by atoms with Crippen molar-refractivity contribution >= 4 is 24.3 Å². The number of hydrogen-bond acceptors (Lipinski definition) is 10. The average molecular weight is 590 g/mol. The molecule has 1 aliphatic rings. The zero-order valence-electron chi connectivity index (χ0n) is 24.7. The molecule has 1 aromatic carbocycles. The third-order valence-electron chi connectivity index (χ3n) is 6.80. The van der Waals surface area contributed by atoms with Crippen LogP contribution in [-0.4, -0.2) is 78.6 Å². The van der Waals surface area contributed by atoms with Gasteiger partial charge in [0.25, 0.3) is 5.88 Å². The van der Waals surface area contributed by atoms with Crippen LogP contribution in [0.15, 0.2) is 46.8 Å². The summed E-state index contributed by atoms with van der Waals surface area (Å²) in [5, 5.41) is 17.6. The summed E-state index contributed by atoms with van der Waals surface area (Å²) in [6, 6.07) is 7.87. The minimum Gasteiger partial charge on any atom is -0.487 e. The molecule has 3 N–H and O–H groups in total. The van der Waals surface area contributed by atoms with Gasteiger partial charge in [0.2, 0.25) is 5.95 Å². The fraction of sp³-hybridized carbons (Fsp3) is 0.467. The predicted molar refractivity (Wildman–Crippen MR) is 164 cm³/mol. The van der Waals surface area contributed by atoms with Crippen LogP contribution in [0.1, 0.15) is 50.6 Å². The Balaban J connectivity index is 1.45. The second-order valence-corrected chi connectivity index (χ2v) is 10.0. The summed E-state index contributed by atoms with van der Waals surface area (Å²) in [6.07, 6.45) is 13.5. The molecule has 1 saturated carbocycles. The largest absolute Gasteiger partial charge is 0.487 e. The SMILES string of the molecule is COCCOCCOc1nn(C2CCCCC2)cc1Nc1ncc(-c2ccc(C#N)c(O[C@@H](C)CN=CN=CN)c2)cn1. The number of ether oxygens (including phenoxy) is 4. The number of nitrogens with two attached hydrogens (primary N) is 1. The van der Waals surface area contributed by atoms with Crippen molar-refractivity contribution in [3.8, 4) is 28.8 Å². The first-order chi connectivity index (χ1) is 21.1. The van der Waals surface area contributed by atoms with Gasteiger partial charge in [0.15, 0.2) is 0 Å². The molecule has 43 heavy (non-hydrogen) atoms. The lowest BCUT2D eigenvalue weighted by atomic mass is 9.96. The number of anilines is 2. The van der Waals surface area contributed by atoms with E-state index in [2.05, 4.69) is 31.3 Å². The minimum atomic E-state index is -0.280. The fourth-order valence-electron chi connectivity index (χ4n) is 4.63. The van der Waals surface area contributed by atoms with Crippen molar-refractivity contribution in [3.05, 3.63) is 42.4 Å². The van der Waals surface area contributed by atoms with Gasteiger partial charge in [-0.1, -0.05) is 25.3 Å². The van der Waals surface area contributed by atoms with Crippen molar-refractivity contribution in [2.75, 3.05) is 45.4 Å². The van der Waals surface area contributed by atoms with E-state index in [1.54, 1.807) is 31.6 Å². The molecule has 4 rings (SSSR count). The smallest absolute Gasteiger partial charge is 0.257 e. The molecule has 0 bridgehead atoms. The highest BCUT2D eigenvalue weighted by atomic mass is 16.5. The van der Waals surface area contributed by atoms with Gasteiger partial charge in [0.1, 0.15) is 36.6 Å². The Morgan fingerprint density at radius 3 is 2.67 bits per heavy atom. The number of nitrogens with zero attached hydrogens (tertiary/aromatic N) is 7. The van der Waals surface area contributed by atoms with Gasteiger partial charge in [-0.05, 0) is 37.5 Å². The number of aromatic nitrogens is 4. The molecule has 3 aromatic rings. The Morgan fingerprint density at radius 2 is 1.93 bits per heavy atom. The summed E-state index contributed by atoms with van der Waals surface area (Å²) in [5.41, 5.74) is 7.91. The summed E-state index contributed by atoms with van der Waals surface area (Å²) < 4.78 is 24.5. The van der Waals surface area contributed by atoms with Crippen molar-refractivity contribution < 1.29 is 18.9 Å². The van der Waals surface area contributed by atoms with Crippen LogP contribution in [0.5, 0.6) is 11.6 Å². The second kappa shape index (κ2) is 16.8. The highest BCUT2D eigenvalue weighted by Gasteiger charge is 2.20. The van der Waals surface area contributed by atoms with Crippen molar-refractivity contribution in [2.24, 2.45) is 15.7 Å². The van der Waals surface area contributed by atoms with Crippen molar-refractivity contribution in [1.82, 2.24) is 19.7 Å². The number of nitrogens with one attached hydrogen (secondary N) is 1. The number of methoxy groups -OCH3 is 1. The van der Waals surface area contributed by atoms with Crippen LogP contribution in [0.25, 0.3) is 11.1 Å². The summed E-state index contributed by atoms with van der Waals surface area (Å²) in [4.78, 5) is 16.9. The average Bonchev–Trinajstić information content (AvgIpc) is 3.44. The highest BCUT2D eigenvalue weighted by molar-refractivity contribution is 5.69. The molecule has 0 spiro atoms. The van der Waals surface area contributed by atoms with Gasteiger partial charge in [-0.3, -0.25) is 9.67 Å². The van der Waals surface area contributed by atoms with Crippen LogP contribution in [0.2, 0.25) is 0 Å². The van der Waals surface area contributed by atoms with Gasteiger partial charge in [-0.25, -0.2) is 15.0 Å². The van der Waals surface area contributed by atoms with E-state index in [0.717, 1.165) is 30.3 Å². The molecule has 1 aliphatic carbocycles. The minimum absolute atomic E-state index is 0.280. The molecule has 0 unspecified atom stereocenters. The molecule has 0 amide bonds. The van der Waals surface area contributed by atoms with Crippen LogP contribution in [-0.2, 0) is 9.47 Å². The van der Waals surface area contributed by atoms with E-state index >= 15 is 0 Å². The molecule has 1 fully saturated rings. The third-order valence-corrected chi connectivity index (χ3v) is 6.80. The monoisotopic (exact) mass is 589 g/mol. The summed E-state index contributed by atoms with van der Waals surface area (Å²) in [6.45, 7) is 4.05. The van der Waals surface area contributed by atoms with Gasteiger partial charge in [0.05, 0.1) is 50.5 Å². The first-order valence-electron chi connectivity index (χ1n) is 14.4. The van der Waals surface area contributed by atoms with E-state index in [-0.39, 0.29) is 6.10 Å². The molecule has 2 aromatic heterocycles. The molecule has 1 atom stereocenters. The maximum Gasteiger partial charge on any atom is 0.257 e. The molecule has 2 heterocycles. The molecule has 228 valence electrons. The molecule has 13 heteroatoms. The Hall–Kier alpha value is -4.54. The van der Waals surface area contributed by atoms with Gasteiger partial charge in [-0.2, -0.15) is 5.26 Å². The lowest BCUT2D eigenvalue weighted by molar-refractivity contribution is 0.0536. The maximum atomic E-state index is 9.57. The van der Waals surface area contributed by atoms with Crippen LogP contribution in [0, 0.1) is 11.3 Å². The second-order valence-electron chi connectivity index (χ2n) is 10.0. The Bertz CT molecular complexity index is 1380. The van der Waals surface area contributed by atoms with Gasteiger partial charge in [-0.15, -0.1) is 5.10 Å². The Morgan fingerprint density at radius 1 is 1.14 bits per heavy atom. The zero-order valence-corrected chi connectivity index (χ0v) is 24.7. The van der Waals surface area contributed by atoms with E-state index < -0.39 is 0 Å². The van der Waals surface area contributed by atoms with E-state index in [1.165, 1.54) is 25.6 Å². The van der Waals surface area contributed by atoms with Gasteiger partial charge < -0.3 is 30.0 Å². The number of hydrogen-bond donors (Lipinski definition) is 2. The molecular formula is C30H39N9O4. The Labute approximate surface area is 251 Å². The summed E-state index contributed by atoms with van der Waals surface area (Å²) >= 11 is 0. The molecular weight excluding hydrogens is 550 g/mol. The number of rotatable bonds is 16. The molecule has 0 aliphatic heterocycles. The van der Waals surface area contributed by atoms with E-state index in [4.69, 9.17) is 29.8 Å². The number of benzene rings is 1.